The number of likely N-dealkylation sites (N-methyl/N-ethyl adjacent to an activating group) is 2. The first-order valence-electron chi connectivity index (χ1n) is 14.7. The number of carbonyl (C=O) groups excluding carboxylic acids is 4. The number of hydrogen-bond donors (Lipinski definition) is 0. The summed E-state index contributed by atoms with van der Waals surface area (Å²) in [6, 6.07) is 11.4. The highest BCUT2D eigenvalue weighted by molar-refractivity contribution is 5.84. The van der Waals surface area contributed by atoms with Gasteiger partial charge in [0, 0.05) is 40.3 Å². The molecular weight excluding hydrogens is 564 g/mol. The number of ether oxygens (including phenoxy) is 2. The van der Waals surface area contributed by atoms with E-state index in [2.05, 4.69) is 0 Å². The van der Waals surface area contributed by atoms with Crippen molar-refractivity contribution in [2.24, 2.45) is 0 Å². The summed E-state index contributed by atoms with van der Waals surface area (Å²) in [5, 5.41) is 0. The molecule has 2 amide bonds. The average molecular weight is 611 g/mol. The van der Waals surface area contributed by atoms with Crippen molar-refractivity contribution in [3.8, 4) is 0 Å². The Kier molecular flexibility index (Phi) is 11.6. The van der Waals surface area contributed by atoms with Crippen molar-refractivity contribution in [2.75, 3.05) is 40.3 Å². The van der Waals surface area contributed by atoms with Crippen LogP contribution in [0.25, 0.3) is 0 Å². The lowest BCUT2D eigenvalue weighted by molar-refractivity contribution is -0.159. The maximum atomic E-state index is 13.1. The standard InChI is InChI=1S/C32H46N6O6/c1-31(2,3)43-29(41)21-35(7)27(39)19-37-15-23-11-9-13-25(33-23)17-38(18-26-14-10-12-24(16-37)34-26)20-28(40)36(8)22-30(42)44-32(4,5)6/h9-14H,15-22H2,1-8H3. The van der Waals surface area contributed by atoms with Crippen molar-refractivity contribution >= 4 is 23.8 Å². The summed E-state index contributed by atoms with van der Waals surface area (Å²) < 4.78 is 10.7. The second-order valence-corrected chi connectivity index (χ2v) is 13.2. The second-order valence-electron chi connectivity index (χ2n) is 13.2. The molecule has 1 aliphatic rings. The van der Waals surface area contributed by atoms with Crippen LogP contribution in [-0.2, 0) is 54.8 Å². The highest BCUT2D eigenvalue weighted by atomic mass is 16.6. The molecule has 44 heavy (non-hydrogen) atoms. The van der Waals surface area contributed by atoms with Crippen LogP contribution in [0.4, 0.5) is 0 Å². The minimum absolute atomic E-state index is 0.0573. The van der Waals surface area contributed by atoms with Gasteiger partial charge >= 0.3 is 11.9 Å². The molecule has 0 N–H and O–H groups in total. The first kappa shape index (κ1) is 34.6. The van der Waals surface area contributed by atoms with Gasteiger partial charge in [0.15, 0.2) is 0 Å². The quantitative estimate of drug-likeness (QED) is 0.412. The lowest BCUT2D eigenvalue weighted by Gasteiger charge is -2.28. The molecule has 12 heteroatoms. The number of amides is 2. The first-order valence-corrected chi connectivity index (χ1v) is 14.7. The van der Waals surface area contributed by atoms with Gasteiger partial charge in [-0.15, -0.1) is 0 Å². The van der Waals surface area contributed by atoms with Gasteiger partial charge in [-0.05, 0) is 65.8 Å². The highest BCUT2D eigenvalue weighted by Crippen LogP contribution is 2.15. The van der Waals surface area contributed by atoms with Crippen LogP contribution in [0.1, 0.15) is 64.3 Å². The fourth-order valence-electron chi connectivity index (χ4n) is 4.60. The summed E-state index contributed by atoms with van der Waals surface area (Å²) in [5.74, 6) is -1.39. The van der Waals surface area contributed by atoms with Crippen LogP contribution in [0.3, 0.4) is 0 Å². The number of rotatable bonds is 8. The van der Waals surface area contributed by atoms with E-state index in [-0.39, 0.29) is 38.0 Å². The Balaban J connectivity index is 1.75. The molecule has 2 aromatic heterocycles. The predicted octanol–water partition coefficient (Wildman–Crippen LogP) is 2.39. The smallest absolute Gasteiger partial charge is 0.326 e. The van der Waals surface area contributed by atoms with E-state index in [0.29, 0.717) is 26.2 Å². The van der Waals surface area contributed by atoms with E-state index >= 15 is 0 Å². The lowest BCUT2D eigenvalue weighted by atomic mass is 10.2. The van der Waals surface area contributed by atoms with Crippen molar-refractivity contribution in [3.05, 3.63) is 59.2 Å². The van der Waals surface area contributed by atoms with E-state index in [1.807, 2.05) is 46.2 Å². The van der Waals surface area contributed by atoms with Gasteiger partial charge in [-0.1, -0.05) is 12.1 Å². The summed E-state index contributed by atoms with van der Waals surface area (Å²) in [6.07, 6.45) is 0. The van der Waals surface area contributed by atoms with E-state index in [9.17, 15) is 19.2 Å². The molecule has 0 spiro atoms. The summed E-state index contributed by atoms with van der Waals surface area (Å²) in [4.78, 5) is 67.1. The molecule has 0 aromatic carbocycles. The normalized spacial score (nSPS) is 14.5. The molecule has 0 radical (unpaired) electrons. The average Bonchev–Trinajstić information content (AvgIpc) is 2.86. The molecule has 0 unspecified atom stereocenters. The van der Waals surface area contributed by atoms with Crippen molar-refractivity contribution in [2.45, 2.75) is 78.9 Å². The van der Waals surface area contributed by atoms with Gasteiger partial charge < -0.3 is 19.3 Å². The van der Waals surface area contributed by atoms with Crippen molar-refractivity contribution < 1.29 is 28.7 Å². The zero-order valence-electron chi connectivity index (χ0n) is 27.3. The van der Waals surface area contributed by atoms with E-state index < -0.39 is 23.1 Å². The summed E-state index contributed by atoms with van der Waals surface area (Å²) >= 11 is 0. The Morgan fingerprint density at radius 2 is 0.932 bits per heavy atom. The zero-order valence-corrected chi connectivity index (χ0v) is 27.3. The molecule has 3 heterocycles. The number of fused-ring (bicyclic) bond motifs is 4. The molecular formula is C32H46N6O6. The zero-order chi connectivity index (χ0) is 32.7. The van der Waals surface area contributed by atoms with Gasteiger partial charge in [-0.2, -0.15) is 0 Å². The third-order valence-electron chi connectivity index (χ3n) is 6.41. The van der Waals surface area contributed by atoms with Gasteiger partial charge in [0.25, 0.3) is 0 Å². The first-order chi connectivity index (χ1) is 20.5. The van der Waals surface area contributed by atoms with Crippen LogP contribution in [-0.4, -0.2) is 105 Å². The molecule has 240 valence electrons. The molecule has 0 aliphatic carbocycles. The fraction of sp³-hybridized carbons (Fsp3) is 0.562. The van der Waals surface area contributed by atoms with E-state index in [4.69, 9.17) is 19.4 Å². The Hall–Kier alpha value is -3.90. The van der Waals surface area contributed by atoms with E-state index in [0.717, 1.165) is 22.8 Å². The highest BCUT2D eigenvalue weighted by Gasteiger charge is 2.24. The number of aromatic nitrogens is 2. The topological polar surface area (TPSA) is 125 Å². The molecule has 2 aromatic rings. The Bertz CT molecular complexity index is 1190. The maximum Gasteiger partial charge on any atom is 0.326 e. The van der Waals surface area contributed by atoms with Gasteiger partial charge in [-0.3, -0.25) is 38.9 Å². The number of pyridine rings is 2. The fourth-order valence-corrected chi connectivity index (χ4v) is 4.60. The van der Waals surface area contributed by atoms with E-state index in [1.54, 1.807) is 55.6 Å². The van der Waals surface area contributed by atoms with E-state index in [1.165, 1.54) is 9.80 Å². The van der Waals surface area contributed by atoms with Crippen LogP contribution in [0.15, 0.2) is 36.4 Å². The Morgan fingerprint density at radius 3 is 1.20 bits per heavy atom. The van der Waals surface area contributed by atoms with Crippen LogP contribution < -0.4 is 0 Å². The Labute approximate surface area is 260 Å². The van der Waals surface area contributed by atoms with Gasteiger partial charge in [-0.25, -0.2) is 0 Å². The number of esters is 2. The number of hydrogen-bond acceptors (Lipinski definition) is 10. The third-order valence-corrected chi connectivity index (χ3v) is 6.41. The SMILES string of the molecule is CN(CC(=O)OC(C)(C)C)C(=O)CN1Cc2cccc(n2)CN(CC(=O)N(C)CC(=O)OC(C)(C)C)Cc2cccc(n2)C1. The Morgan fingerprint density at radius 1 is 0.636 bits per heavy atom. The third kappa shape index (κ3) is 12.0. The van der Waals surface area contributed by atoms with Crippen LogP contribution in [0.2, 0.25) is 0 Å². The minimum Gasteiger partial charge on any atom is -0.459 e. The minimum atomic E-state index is -0.635. The summed E-state index contributed by atoms with van der Waals surface area (Å²) in [6.45, 7) is 12.0. The van der Waals surface area contributed by atoms with Gasteiger partial charge in [0.2, 0.25) is 11.8 Å². The van der Waals surface area contributed by atoms with Crippen LogP contribution in [0.5, 0.6) is 0 Å². The lowest BCUT2D eigenvalue weighted by Crippen LogP contribution is -2.42. The number of nitrogens with zero attached hydrogens (tertiary/aromatic N) is 6. The molecule has 12 nitrogen and oxygen atoms in total. The molecule has 0 atom stereocenters. The maximum absolute atomic E-state index is 13.1. The van der Waals surface area contributed by atoms with Crippen molar-refractivity contribution in [3.63, 3.8) is 0 Å². The molecule has 0 saturated carbocycles. The van der Waals surface area contributed by atoms with Crippen molar-refractivity contribution in [1.82, 2.24) is 29.6 Å². The molecule has 3 rings (SSSR count). The molecule has 1 aliphatic heterocycles. The summed E-state index contributed by atoms with van der Waals surface area (Å²) in [5.41, 5.74) is 1.77. The molecule has 4 bridgehead atoms. The van der Waals surface area contributed by atoms with Crippen LogP contribution >= 0.6 is 0 Å². The summed E-state index contributed by atoms with van der Waals surface area (Å²) in [7, 11) is 3.17. The van der Waals surface area contributed by atoms with Gasteiger partial charge in [0.05, 0.1) is 35.9 Å². The largest absolute Gasteiger partial charge is 0.459 e. The molecule has 0 saturated heterocycles. The van der Waals surface area contributed by atoms with Gasteiger partial charge in [0.1, 0.15) is 24.3 Å². The van der Waals surface area contributed by atoms with Crippen molar-refractivity contribution in [1.29, 1.82) is 0 Å². The predicted molar refractivity (Wildman–Crippen MR) is 164 cm³/mol. The second kappa shape index (κ2) is 14.7. The van der Waals surface area contributed by atoms with Crippen LogP contribution in [0, 0.1) is 0 Å². The molecule has 0 fully saturated rings. The monoisotopic (exact) mass is 610 g/mol. The number of carbonyl (C=O) groups is 4.